The smallest absolute Gasteiger partial charge is 0.137 e. The van der Waals surface area contributed by atoms with Crippen molar-refractivity contribution in [3.8, 4) is 0 Å². The molecule has 0 bridgehead atoms. The van der Waals surface area contributed by atoms with Crippen molar-refractivity contribution in [2.24, 2.45) is 7.05 Å². The minimum atomic E-state index is -0.568. The second-order valence-electron chi connectivity index (χ2n) is 3.04. The molecule has 0 spiro atoms. The fourth-order valence-corrected chi connectivity index (χ4v) is 1.96. The molecule has 2 aromatic rings. The lowest BCUT2D eigenvalue weighted by Crippen LogP contribution is -2.08. The lowest BCUT2D eigenvalue weighted by molar-refractivity contribution is 0.165. The fraction of sp³-hybridized carbons (Fsp3) is 0.333. The third-order valence-electron chi connectivity index (χ3n) is 2.01. The van der Waals surface area contributed by atoms with Crippen molar-refractivity contribution in [1.82, 2.24) is 14.5 Å². The van der Waals surface area contributed by atoms with Crippen LogP contribution < -0.4 is 0 Å². The number of aliphatic hydroxyl groups excluding tert-OH is 1. The lowest BCUT2D eigenvalue weighted by Gasteiger charge is -2.08. The van der Waals surface area contributed by atoms with Crippen LogP contribution in [0.4, 0.5) is 0 Å². The highest BCUT2D eigenvalue weighted by Crippen LogP contribution is 2.17. The van der Waals surface area contributed by atoms with Crippen molar-refractivity contribution in [3.05, 3.63) is 34.8 Å². The van der Waals surface area contributed by atoms with E-state index in [-0.39, 0.29) is 0 Å². The molecule has 2 aromatic heterocycles. The molecular formula is C9H11N3OS. The van der Waals surface area contributed by atoms with E-state index in [9.17, 15) is 5.11 Å². The fourth-order valence-electron chi connectivity index (χ4n) is 1.31. The van der Waals surface area contributed by atoms with Crippen molar-refractivity contribution in [2.45, 2.75) is 12.5 Å². The third-order valence-corrected chi connectivity index (χ3v) is 2.81. The van der Waals surface area contributed by atoms with E-state index in [1.165, 1.54) is 0 Å². The number of hydrogen-bond donors (Lipinski definition) is 1. The molecule has 74 valence electrons. The van der Waals surface area contributed by atoms with Gasteiger partial charge in [0.05, 0.1) is 5.01 Å². The van der Waals surface area contributed by atoms with E-state index >= 15 is 0 Å². The molecule has 1 atom stereocenters. The Balaban J connectivity index is 2.10. The van der Waals surface area contributed by atoms with E-state index in [4.69, 9.17) is 0 Å². The minimum Gasteiger partial charge on any atom is -0.385 e. The number of thiazole rings is 1. The number of aryl methyl sites for hydroxylation is 1. The second kappa shape index (κ2) is 3.89. The van der Waals surface area contributed by atoms with Gasteiger partial charge in [-0.15, -0.1) is 11.3 Å². The van der Waals surface area contributed by atoms with E-state index in [0.717, 1.165) is 5.01 Å². The topological polar surface area (TPSA) is 50.9 Å². The molecule has 4 nitrogen and oxygen atoms in total. The van der Waals surface area contributed by atoms with Crippen molar-refractivity contribution in [1.29, 1.82) is 0 Å². The van der Waals surface area contributed by atoms with Gasteiger partial charge >= 0.3 is 0 Å². The zero-order valence-corrected chi connectivity index (χ0v) is 8.61. The number of aromatic nitrogens is 3. The zero-order chi connectivity index (χ0) is 9.97. The van der Waals surface area contributed by atoms with Gasteiger partial charge in [-0.2, -0.15) is 0 Å². The van der Waals surface area contributed by atoms with E-state index in [0.29, 0.717) is 12.2 Å². The molecule has 0 fully saturated rings. The van der Waals surface area contributed by atoms with Gasteiger partial charge < -0.3 is 9.67 Å². The molecule has 0 aliphatic rings. The Morgan fingerprint density at radius 1 is 1.50 bits per heavy atom. The molecule has 14 heavy (non-hydrogen) atoms. The second-order valence-corrected chi connectivity index (χ2v) is 4.02. The maximum absolute atomic E-state index is 9.85. The standard InChI is InChI=1S/C9H11N3OS/c1-12-4-2-11-9(12)7(13)6-8-10-3-5-14-8/h2-5,7,13H,6H2,1H3. The molecule has 0 aliphatic carbocycles. The van der Waals surface area contributed by atoms with Gasteiger partial charge in [0, 0.05) is 37.4 Å². The van der Waals surface area contributed by atoms with E-state index in [1.807, 2.05) is 23.2 Å². The molecule has 1 unspecified atom stereocenters. The van der Waals surface area contributed by atoms with E-state index in [1.54, 1.807) is 23.7 Å². The van der Waals surface area contributed by atoms with E-state index < -0.39 is 6.10 Å². The molecule has 2 rings (SSSR count). The van der Waals surface area contributed by atoms with Crippen LogP contribution in [0.25, 0.3) is 0 Å². The van der Waals surface area contributed by atoms with Crippen LogP contribution in [0.1, 0.15) is 16.9 Å². The predicted octanol–water partition coefficient (Wildman–Crippen LogP) is 1.15. The van der Waals surface area contributed by atoms with Gasteiger partial charge in [-0.25, -0.2) is 9.97 Å². The summed E-state index contributed by atoms with van der Waals surface area (Å²) < 4.78 is 1.82. The first-order valence-electron chi connectivity index (χ1n) is 4.31. The molecule has 0 aromatic carbocycles. The summed E-state index contributed by atoms with van der Waals surface area (Å²) in [7, 11) is 1.87. The maximum Gasteiger partial charge on any atom is 0.137 e. The summed E-state index contributed by atoms with van der Waals surface area (Å²) in [5, 5.41) is 12.7. The molecule has 0 saturated carbocycles. The monoisotopic (exact) mass is 209 g/mol. The highest BCUT2D eigenvalue weighted by Gasteiger charge is 2.13. The first-order chi connectivity index (χ1) is 6.77. The summed E-state index contributed by atoms with van der Waals surface area (Å²) in [6.07, 6.45) is 5.20. The molecule has 5 heteroatoms. The van der Waals surface area contributed by atoms with Crippen LogP contribution in [0, 0.1) is 0 Å². The molecule has 0 radical (unpaired) electrons. The predicted molar refractivity (Wildman–Crippen MR) is 54.0 cm³/mol. The number of nitrogens with zero attached hydrogens (tertiary/aromatic N) is 3. The van der Waals surface area contributed by atoms with Crippen LogP contribution >= 0.6 is 11.3 Å². The van der Waals surface area contributed by atoms with Crippen LogP contribution in [0.15, 0.2) is 24.0 Å². The maximum atomic E-state index is 9.85. The summed E-state index contributed by atoms with van der Waals surface area (Å²) >= 11 is 1.55. The largest absolute Gasteiger partial charge is 0.385 e. The van der Waals surface area contributed by atoms with E-state index in [2.05, 4.69) is 9.97 Å². The van der Waals surface area contributed by atoms with Crippen molar-refractivity contribution < 1.29 is 5.11 Å². The lowest BCUT2D eigenvalue weighted by atomic mass is 10.2. The Morgan fingerprint density at radius 3 is 2.93 bits per heavy atom. The summed E-state index contributed by atoms with van der Waals surface area (Å²) in [5.74, 6) is 0.681. The molecule has 2 heterocycles. The Kier molecular flexibility index (Phi) is 2.60. The summed E-state index contributed by atoms with van der Waals surface area (Å²) in [5.41, 5.74) is 0. The summed E-state index contributed by atoms with van der Waals surface area (Å²) in [6, 6.07) is 0. The molecule has 0 aliphatic heterocycles. The first kappa shape index (κ1) is 9.36. The highest BCUT2D eigenvalue weighted by molar-refractivity contribution is 7.09. The first-order valence-corrected chi connectivity index (χ1v) is 5.19. The van der Waals surface area contributed by atoms with Crippen LogP contribution in [-0.2, 0) is 13.5 Å². The summed E-state index contributed by atoms with van der Waals surface area (Å²) in [4.78, 5) is 8.20. The van der Waals surface area contributed by atoms with Gasteiger partial charge in [0.2, 0.25) is 0 Å². The van der Waals surface area contributed by atoms with Gasteiger partial charge in [0.1, 0.15) is 11.9 Å². The number of rotatable bonds is 3. The Hall–Kier alpha value is -1.20. The average Bonchev–Trinajstić information content (AvgIpc) is 2.75. The zero-order valence-electron chi connectivity index (χ0n) is 7.79. The number of hydrogen-bond acceptors (Lipinski definition) is 4. The number of imidazole rings is 1. The molecule has 0 amide bonds. The Bertz CT molecular complexity index is 396. The normalized spacial score (nSPS) is 13.0. The molecule has 1 N–H and O–H groups in total. The highest BCUT2D eigenvalue weighted by atomic mass is 32.1. The molecular weight excluding hydrogens is 198 g/mol. The Labute approximate surface area is 85.9 Å². The summed E-state index contributed by atoms with van der Waals surface area (Å²) in [6.45, 7) is 0. The quantitative estimate of drug-likeness (QED) is 0.825. The Morgan fingerprint density at radius 2 is 2.36 bits per heavy atom. The van der Waals surface area contributed by atoms with Crippen molar-refractivity contribution >= 4 is 11.3 Å². The van der Waals surface area contributed by atoms with Gasteiger partial charge in [0.15, 0.2) is 0 Å². The van der Waals surface area contributed by atoms with Crippen LogP contribution in [0.2, 0.25) is 0 Å². The van der Waals surface area contributed by atoms with Crippen LogP contribution in [0.3, 0.4) is 0 Å². The van der Waals surface area contributed by atoms with Gasteiger partial charge in [-0.05, 0) is 0 Å². The van der Waals surface area contributed by atoms with Gasteiger partial charge in [-0.1, -0.05) is 0 Å². The number of aliphatic hydroxyl groups is 1. The van der Waals surface area contributed by atoms with Gasteiger partial charge in [0.25, 0.3) is 0 Å². The third kappa shape index (κ3) is 1.83. The van der Waals surface area contributed by atoms with Crippen LogP contribution in [-0.4, -0.2) is 19.6 Å². The average molecular weight is 209 g/mol. The minimum absolute atomic E-state index is 0.530. The van der Waals surface area contributed by atoms with Crippen LogP contribution in [0.5, 0.6) is 0 Å². The van der Waals surface area contributed by atoms with Crippen molar-refractivity contribution in [3.63, 3.8) is 0 Å². The SMILES string of the molecule is Cn1ccnc1C(O)Cc1nccs1. The van der Waals surface area contributed by atoms with Gasteiger partial charge in [-0.3, -0.25) is 0 Å². The van der Waals surface area contributed by atoms with Crippen molar-refractivity contribution in [2.75, 3.05) is 0 Å². The molecule has 0 saturated heterocycles.